The number of nitrogens with zero attached hydrogens (tertiary/aromatic N) is 1. The zero-order chi connectivity index (χ0) is 19.1. The van der Waals surface area contributed by atoms with Gasteiger partial charge in [-0.05, 0) is 24.3 Å². The third-order valence-electron chi connectivity index (χ3n) is 3.50. The molecule has 0 bridgehead atoms. The van der Waals surface area contributed by atoms with E-state index < -0.39 is 11.9 Å². The third-order valence-corrected chi connectivity index (χ3v) is 3.50. The minimum Gasteiger partial charge on any atom is -0.545 e. The normalized spacial score (nSPS) is 10.6. The number of para-hydroxylation sites is 1. The Morgan fingerprint density at radius 1 is 1.15 bits per heavy atom. The molecule has 0 atom stereocenters. The molecule has 132 valence electrons. The van der Waals surface area contributed by atoms with Crippen LogP contribution in [0.3, 0.4) is 0 Å². The van der Waals surface area contributed by atoms with Gasteiger partial charge in [0.2, 0.25) is 0 Å². The Bertz CT molecular complexity index is 912. The first-order chi connectivity index (χ1) is 12.5. The minimum absolute atomic E-state index is 0.0420. The zero-order valence-electron chi connectivity index (χ0n) is 14.1. The van der Waals surface area contributed by atoms with Crippen molar-refractivity contribution in [2.75, 3.05) is 19.5 Å². The van der Waals surface area contributed by atoms with Crippen molar-refractivity contribution in [2.45, 2.75) is 0 Å². The first-order valence-electron chi connectivity index (χ1n) is 7.45. The molecule has 0 radical (unpaired) electrons. The van der Waals surface area contributed by atoms with Gasteiger partial charge in [0, 0.05) is 17.2 Å². The highest BCUT2D eigenvalue weighted by Gasteiger charge is 2.13. The quantitative estimate of drug-likeness (QED) is 0.625. The Morgan fingerprint density at radius 2 is 1.88 bits per heavy atom. The fraction of sp³-hybridized carbons (Fsp3) is 0.105. The molecular formula is C19H15N2O5-. The van der Waals surface area contributed by atoms with Crippen molar-refractivity contribution in [2.24, 2.45) is 0 Å². The summed E-state index contributed by atoms with van der Waals surface area (Å²) in [7, 11) is 2.96. The van der Waals surface area contributed by atoms with Crippen LogP contribution in [0.4, 0.5) is 5.69 Å². The number of amides is 1. The van der Waals surface area contributed by atoms with Crippen molar-refractivity contribution in [3.05, 3.63) is 59.2 Å². The van der Waals surface area contributed by atoms with E-state index in [4.69, 9.17) is 9.47 Å². The molecule has 0 aliphatic heterocycles. The summed E-state index contributed by atoms with van der Waals surface area (Å²) in [5.74, 6) is -1.20. The Morgan fingerprint density at radius 3 is 2.50 bits per heavy atom. The van der Waals surface area contributed by atoms with Gasteiger partial charge in [0.1, 0.15) is 23.1 Å². The fourth-order valence-corrected chi connectivity index (χ4v) is 2.20. The summed E-state index contributed by atoms with van der Waals surface area (Å²) in [4.78, 5) is 23.5. The first-order valence-corrected chi connectivity index (χ1v) is 7.45. The molecule has 1 amide bonds. The molecule has 0 saturated heterocycles. The predicted molar refractivity (Wildman–Crippen MR) is 92.5 cm³/mol. The van der Waals surface area contributed by atoms with Gasteiger partial charge in [-0.15, -0.1) is 0 Å². The monoisotopic (exact) mass is 351 g/mol. The number of carbonyl (C=O) groups excluding carboxylic acids is 2. The Hall–Kier alpha value is -3.79. The van der Waals surface area contributed by atoms with Gasteiger partial charge in [-0.3, -0.25) is 4.79 Å². The van der Waals surface area contributed by atoms with Gasteiger partial charge in [-0.2, -0.15) is 5.26 Å². The topological polar surface area (TPSA) is 111 Å². The van der Waals surface area contributed by atoms with Crippen LogP contribution in [0.15, 0.2) is 48.0 Å². The maximum Gasteiger partial charge on any atom is 0.266 e. The molecule has 0 aliphatic rings. The Balaban J connectivity index is 2.34. The first kappa shape index (κ1) is 18.5. The summed E-state index contributed by atoms with van der Waals surface area (Å²) < 4.78 is 10.3. The summed E-state index contributed by atoms with van der Waals surface area (Å²) in [5, 5.41) is 22.8. The maximum absolute atomic E-state index is 12.4. The smallest absolute Gasteiger partial charge is 0.266 e. The zero-order valence-corrected chi connectivity index (χ0v) is 14.1. The van der Waals surface area contributed by atoms with Crippen LogP contribution in [-0.2, 0) is 4.79 Å². The second-order valence-corrected chi connectivity index (χ2v) is 5.06. The lowest BCUT2D eigenvalue weighted by Gasteiger charge is -2.11. The number of aromatic carboxylic acids is 1. The van der Waals surface area contributed by atoms with Gasteiger partial charge in [0.25, 0.3) is 5.91 Å². The standard InChI is InChI=1S/C19H16N2O5/c1-25-14-8-7-12(17(10-14)26-2)9-13(11-20)18(22)21-16-6-4-3-5-15(16)19(23)24/h3-10H,1-2H3,(H,21,22)(H,23,24)/p-1/b13-9+. The number of nitriles is 1. The number of hydrogen-bond donors (Lipinski definition) is 1. The van der Waals surface area contributed by atoms with E-state index in [1.54, 1.807) is 30.3 Å². The number of hydrogen-bond acceptors (Lipinski definition) is 6. The van der Waals surface area contributed by atoms with E-state index in [2.05, 4.69) is 5.32 Å². The van der Waals surface area contributed by atoms with Crippen molar-refractivity contribution < 1.29 is 24.2 Å². The highest BCUT2D eigenvalue weighted by atomic mass is 16.5. The summed E-state index contributed by atoms with van der Waals surface area (Å²) >= 11 is 0. The highest BCUT2D eigenvalue weighted by Crippen LogP contribution is 2.26. The lowest BCUT2D eigenvalue weighted by Crippen LogP contribution is -2.25. The average Bonchev–Trinajstić information content (AvgIpc) is 2.66. The molecule has 0 unspecified atom stereocenters. The highest BCUT2D eigenvalue weighted by molar-refractivity contribution is 6.11. The summed E-state index contributed by atoms with van der Waals surface area (Å²) in [6, 6.07) is 12.5. The molecule has 0 aliphatic carbocycles. The van der Waals surface area contributed by atoms with E-state index in [0.717, 1.165) is 0 Å². The molecule has 7 nitrogen and oxygen atoms in total. The van der Waals surface area contributed by atoms with Gasteiger partial charge in [0.05, 0.1) is 25.9 Å². The number of carbonyl (C=O) groups is 2. The third kappa shape index (κ3) is 4.19. The summed E-state index contributed by atoms with van der Waals surface area (Å²) in [6.45, 7) is 0. The Kier molecular flexibility index (Phi) is 5.96. The van der Waals surface area contributed by atoms with Crippen molar-refractivity contribution in [1.29, 1.82) is 5.26 Å². The number of anilines is 1. The second kappa shape index (κ2) is 8.35. The van der Waals surface area contributed by atoms with Crippen molar-refractivity contribution >= 4 is 23.6 Å². The molecule has 1 N–H and O–H groups in total. The lowest BCUT2D eigenvalue weighted by molar-refractivity contribution is -0.254. The van der Waals surface area contributed by atoms with Gasteiger partial charge < -0.3 is 24.7 Å². The molecule has 0 saturated carbocycles. The molecule has 2 rings (SSSR count). The molecule has 0 aromatic heterocycles. The van der Waals surface area contributed by atoms with E-state index in [1.165, 1.54) is 38.5 Å². The number of carboxylic acid groups (broad SMARTS) is 1. The number of carboxylic acids is 1. The van der Waals surface area contributed by atoms with E-state index in [0.29, 0.717) is 17.1 Å². The molecule has 2 aromatic rings. The van der Waals surface area contributed by atoms with Crippen LogP contribution in [0.1, 0.15) is 15.9 Å². The van der Waals surface area contributed by atoms with Crippen molar-refractivity contribution in [3.8, 4) is 17.6 Å². The largest absolute Gasteiger partial charge is 0.545 e. The van der Waals surface area contributed by atoms with Gasteiger partial charge >= 0.3 is 0 Å². The number of rotatable bonds is 6. The van der Waals surface area contributed by atoms with E-state index >= 15 is 0 Å². The molecule has 26 heavy (non-hydrogen) atoms. The van der Waals surface area contributed by atoms with E-state index in [9.17, 15) is 20.0 Å². The SMILES string of the molecule is COc1ccc(/C=C(\C#N)C(=O)Nc2ccccc2C(=O)[O-])c(OC)c1. The van der Waals surface area contributed by atoms with Crippen LogP contribution >= 0.6 is 0 Å². The Labute approximate surface area is 150 Å². The number of nitrogens with one attached hydrogen (secondary N) is 1. The fourth-order valence-electron chi connectivity index (χ4n) is 2.20. The molecular weight excluding hydrogens is 336 g/mol. The van der Waals surface area contributed by atoms with Crippen molar-refractivity contribution in [1.82, 2.24) is 0 Å². The van der Waals surface area contributed by atoms with Crippen LogP contribution in [0.25, 0.3) is 6.08 Å². The molecule has 7 heteroatoms. The molecule has 0 fully saturated rings. The minimum atomic E-state index is -1.43. The number of ether oxygens (including phenoxy) is 2. The van der Waals surface area contributed by atoms with Crippen LogP contribution in [-0.4, -0.2) is 26.1 Å². The summed E-state index contributed by atoms with van der Waals surface area (Å²) in [5.41, 5.74) is 0.135. The van der Waals surface area contributed by atoms with Crippen molar-refractivity contribution in [3.63, 3.8) is 0 Å². The van der Waals surface area contributed by atoms with Crippen LogP contribution in [0.2, 0.25) is 0 Å². The van der Waals surface area contributed by atoms with E-state index in [-0.39, 0.29) is 16.8 Å². The molecule has 0 heterocycles. The number of methoxy groups -OCH3 is 2. The lowest BCUT2D eigenvalue weighted by atomic mass is 10.1. The van der Waals surface area contributed by atoms with E-state index in [1.807, 2.05) is 0 Å². The van der Waals surface area contributed by atoms with Gasteiger partial charge in [-0.25, -0.2) is 0 Å². The van der Waals surface area contributed by atoms with Gasteiger partial charge in [-0.1, -0.05) is 18.2 Å². The molecule has 2 aromatic carbocycles. The summed E-state index contributed by atoms with van der Waals surface area (Å²) in [6.07, 6.45) is 1.34. The van der Waals surface area contributed by atoms with Crippen LogP contribution < -0.4 is 19.9 Å². The molecule has 0 spiro atoms. The van der Waals surface area contributed by atoms with Crippen LogP contribution in [0.5, 0.6) is 11.5 Å². The average molecular weight is 351 g/mol. The van der Waals surface area contributed by atoms with Gasteiger partial charge in [0.15, 0.2) is 0 Å². The second-order valence-electron chi connectivity index (χ2n) is 5.06. The predicted octanol–water partition coefficient (Wildman–Crippen LogP) is 1.61. The maximum atomic E-state index is 12.4. The van der Waals surface area contributed by atoms with Crippen LogP contribution in [0, 0.1) is 11.3 Å². The number of benzene rings is 2.